The Bertz CT molecular complexity index is 694. The van der Waals surface area contributed by atoms with E-state index in [9.17, 15) is 9.59 Å². The fourth-order valence-corrected chi connectivity index (χ4v) is 3.12. The van der Waals surface area contributed by atoms with Crippen molar-refractivity contribution in [1.82, 2.24) is 4.90 Å². The zero-order chi connectivity index (χ0) is 16.2. The van der Waals surface area contributed by atoms with E-state index in [4.69, 9.17) is 5.11 Å². The van der Waals surface area contributed by atoms with Gasteiger partial charge in [-0.15, -0.1) is 0 Å². The first-order chi connectivity index (χ1) is 11.1. The van der Waals surface area contributed by atoms with Crippen LogP contribution in [0, 0.1) is 0 Å². The molecule has 4 nitrogen and oxygen atoms in total. The topological polar surface area (TPSA) is 57.6 Å². The lowest BCUT2D eigenvalue weighted by atomic mass is 10.0. The lowest BCUT2D eigenvalue weighted by Gasteiger charge is -2.25. The third kappa shape index (κ3) is 3.42. The van der Waals surface area contributed by atoms with E-state index in [0.29, 0.717) is 5.56 Å². The van der Waals surface area contributed by atoms with Gasteiger partial charge in [0.05, 0.1) is 5.56 Å². The van der Waals surface area contributed by atoms with Crippen LogP contribution in [0.15, 0.2) is 54.6 Å². The molecule has 0 saturated carbocycles. The van der Waals surface area contributed by atoms with Crippen LogP contribution in [0.4, 0.5) is 0 Å². The molecule has 1 atom stereocenters. The molecule has 1 heterocycles. The van der Waals surface area contributed by atoms with Gasteiger partial charge < -0.3 is 10.0 Å². The predicted molar refractivity (Wildman–Crippen MR) is 87.6 cm³/mol. The molecule has 23 heavy (non-hydrogen) atoms. The van der Waals surface area contributed by atoms with Gasteiger partial charge in [-0.1, -0.05) is 30.3 Å². The van der Waals surface area contributed by atoms with Gasteiger partial charge >= 0.3 is 5.97 Å². The fourth-order valence-electron chi connectivity index (χ4n) is 3.12. The second kappa shape index (κ2) is 6.65. The first-order valence-electron chi connectivity index (χ1n) is 7.83. The molecule has 0 aromatic heterocycles. The second-order valence-corrected chi connectivity index (χ2v) is 5.87. The normalized spacial score (nSPS) is 17.2. The summed E-state index contributed by atoms with van der Waals surface area (Å²) in [5, 5.41) is 8.94. The number of likely N-dealkylation sites (tertiary alicyclic amines) is 1. The summed E-state index contributed by atoms with van der Waals surface area (Å²) in [5.74, 6) is -0.993. The summed E-state index contributed by atoms with van der Waals surface area (Å²) >= 11 is 0. The minimum Gasteiger partial charge on any atom is -0.478 e. The van der Waals surface area contributed by atoms with Gasteiger partial charge in [0, 0.05) is 18.2 Å². The van der Waals surface area contributed by atoms with Gasteiger partial charge in [-0.05, 0) is 49.1 Å². The van der Waals surface area contributed by atoms with Gasteiger partial charge in [-0.25, -0.2) is 4.79 Å². The SMILES string of the molecule is O=C(O)c1ccc(C(=O)N2CCCC2Cc2ccccc2)cc1. The predicted octanol–water partition coefficient (Wildman–Crippen LogP) is 3.23. The molecule has 1 saturated heterocycles. The molecule has 0 spiro atoms. The Labute approximate surface area is 135 Å². The van der Waals surface area contributed by atoms with Gasteiger partial charge in [0.25, 0.3) is 5.91 Å². The zero-order valence-corrected chi connectivity index (χ0v) is 12.8. The van der Waals surface area contributed by atoms with E-state index in [0.717, 1.165) is 25.8 Å². The number of carboxylic acids is 1. The van der Waals surface area contributed by atoms with Crippen LogP contribution in [-0.2, 0) is 6.42 Å². The third-order valence-corrected chi connectivity index (χ3v) is 4.33. The zero-order valence-electron chi connectivity index (χ0n) is 12.8. The number of carbonyl (C=O) groups excluding carboxylic acids is 1. The van der Waals surface area contributed by atoms with Crippen molar-refractivity contribution in [2.75, 3.05) is 6.54 Å². The van der Waals surface area contributed by atoms with E-state index < -0.39 is 5.97 Å². The standard InChI is InChI=1S/C19H19NO3/c21-18(15-8-10-16(11-9-15)19(22)23)20-12-4-7-17(20)13-14-5-2-1-3-6-14/h1-3,5-6,8-11,17H,4,7,12-13H2,(H,22,23). The third-order valence-electron chi connectivity index (χ3n) is 4.33. The maximum atomic E-state index is 12.7. The number of nitrogens with zero attached hydrogens (tertiary/aromatic N) is 1. The molecule has 1 fully saturated rings. The molecule has 118 valence electrons. The fraction of sp³-hybridized carbons (Fsp3) is 0.263. The quantitative estimate of drug-likeness (QED) is 0.943. The Morgan fingerprint density at radius 3 is 2.30 bits per heavy atom. The molecule has 3 rings (SSSR count). The molecule has 0 radical (unpaired) electrons. The smallest absolute Gasteiger partial charge is 0.335 e. The van der Waals surface area contributed by atoms with Crippen molar-refractivity contribution >= 4 is 11.9 Å². The molecule has 4 heteroatoms. The number of amides is 1. The summed E-state index contributed by atoms with van der Waals surface area (Å²) in [4.78, 5) is 25.5. The number of aromatic carboxylic acids is 1. The summed E-state index contributed by atoms with van der Waals surface area (Å²) in [6.45, 7) is 0.761. The molecule has 1 N–H and O–H groups in total. The average molecular weight is 309 g/mol. The van der Waals surface area contributed by atoms with Gasteiger partial charge in [0.2, 0.25) is 0 Å². The Morgan fingerprint density at radius 2 is 1.65 bits per heavy atom. The summed E-state index contributed by atoms with van der Waals surface area (Å²) in [6.07, 6.45) is 2.88. The van der Waals surface area contributed by atoms with Crippen molar-refractivity contribution in [3.05, 3.63) is 71.3 Å². The lowest BCUT2D eigenvalue weighted by molar-refractivity contribution is 0.0692. The van der Waals surface area contributed by atoms with Crippen LogP contribution >= 0.6 is 0 Å². The van der Waals surface area contributed by atoms with Crippen LogP contribution in [-0.4, -0.2) is 34.5 Å². The number of carbonyl (C=O) groups is 2. The molecular formula is C19H19NO3. The molecule has 0 aliphatic carbocycles. The average Bonchev–Trinajstić information content (AvgIpc) is 3.03. The first kappa shape index (κ1) is 15.3. The largest absolute Gasteiger partial charge is 0.478 e. The van der Waals surface area contributed by atoms with Crippen molar-refractivity contribution in [2.24, 2.45) is 0 Å². The van der Waals surface area contributed by atoms with Crippen molar-refractivity contribution in [2.45, 2.75) is 25.3 Å². The van der Waals surface area contributed by atoms with Crippen LogP contribution in [0.3, 0.4) is 0 Å². The van der Waals surface area contributed by atoms with Crippen LogP contribution < -0.4 is 0 Å². The van der Waals surface area contributed by atoms with Gasteiger partial charge in [0.15, 0.2) is 0 Å². The number of rotatable bonds is 4. The highest BCUT2D eigenvalue weighted by molar-refractivity contribution is 5.96. The van der Waals surface area contributed by atoms with Crippen molar-refractivity contribution < 1.29 is 14.7 Å². The summed E-state index contributed by atoms with van der Waals surface area (Å²) in [5.41, 5.74) is 1.98. The second-order valence-electron chi connectivity index (χ2n) is 5.87. The van der Waals surface area contributed by atoms with Crippen LogP contribution in [0.1, 0.15) is 39.1 Å². The van der Waals surface area contributed by atoms with E-state index in [-0.39, 0.29) is 17.5 Å². The van der Waals surface area contributed by atoms with E-state index in [2.05, 4.69) is 12.1 Å². The van der Waals surface area contributed by atoms with Crippen LogP contribution in [0.2, 0.25) is 0 Å². The summed E-state index contributed by atoms with van der Waals surface area (Å²) in [7, 11) is 0. The highest BCUT2D eigenvalue weighted by Crippen LogP contribution is 2.23. The molecule has 1 aliphatic heterocycles. The van der Waals surface area contributed by atoms with Crippen LogP contribution in [0.5, 0.6) is 0 Å². The Hall–Kier alpha value is -2.62. The maximum Gasteiger partial charge on any atom is 0.335 e. The number of hydrogen-bond donors (Lipinski definition) is 1. The van der Waals surface area contributed by atoms with Gasteiger partial charge in [-0.2, -0.15) is 0 Å². The highest BCUT2D eigenvalue weighted by atomic mass is 16.4. The van der Waals surface area contributed by atoms with Crippen LogP contribution in [0.25, 0.3) is 0 Å². The molecule has 1 unspecified atom stereocenters. The maximum absolute atomic E-state index is 12.7. The number of benzene rings is 2. The monoisotopic (exact) mass is 309 g/mol. The molecule has 2 aromatic rings. The highest BCUT2D eigenvalue weighted by Gasteiger charge is 2.29. The first-order valence-corrected chi connectivity index (χ1v) is 7.83. The minimum atomic E-state index is -0.980. The molecule has 2 aromatic carbocycles. The summed E-state index contributed by atoms with van der Waals surface area (Å²) < 4.78 is 0. The van der Waals surface area contributed by atoms with Gasteiger partial charge in [0.1, 0.15) is 0 Å². The molecule has 1 amide bonds. The van der Waals surface area contributed by atoms with Gasteiger partial charge in [-0.3, -0.25) is 4.79 Å². The summed E-state index contributed by atoms with van der Waals surface area (Å²) in [6, 6.07) is 16.6. The van der Waals surface area contributed by atoms with E-state index in [1.54, 1.807) is 12.1 Å². The Balaban J connectivity index is 1.74. The van der Waals surface area contributed by atoms with E-state index in [1.165, 1.54) is 17.7 Å². The van der Waals surface area contributed by atoms with E-state index >= 15 is 0 Å². The van der Waals surface area contributed by atoms with Crippen molar-refractivity contribution in [1.29, 1.82) is 0 Å². The number of hydrogen-bond acceptors (Lipinski definition) is 2. The number of carboxylic acid groups (broad SMARTS) is 1. The molecule has 1 aliphatic rings. The molecular weight excluding hydrogens is 290 g/mol. The molecule has 0 bridgehead atoms. The Kier molecular flexibility index (Phi) is 4.42. The minimum absolute atomic E-state index is 0.0135. The lowest BCUT2D eigenvalue weighted by Crippen LogP contribution is -2.36. The Morgan fingerprint density at radius 1 is 1.00 bits per heavy atom. The van der Waals surface area contributed by atoms with Crippen molar-refractivity contribution in [3.8, 4) is 0 Å². The van der Waals surface area contributed by atoms with Crippen molar-refractivity contribution in [3.63, 3.8) is 0 Å². The van der Waals surface area contributed by atoms with E-state index in [1.807, 2.05) is 23.1 Å².